The highest BCUT2D eigenvalue weighted by Crippen LogP contribution is 2.29. The predicted molar refractivity (Wildman–Crippen MR) is 74.5 cm³/mol. The van der Waals surface area contributed by atoms with Crippen LogP contribution in [0.1, 0.15) is 43.2 Å². The molecule has 0 amide bonds. The Balaban J connectivity index is 2.01. The van der Waals surface area contributed by atoms with E-state index in [0.29, 0.717) is 5.88 Å². The zero-order valence-corrected chi connectivity index (χ0v) is 11.7. The Hall–Kier alpha value is -0.600. The monoisotopic (exact) mass is 269 g/mol. The molecule has 1 nitrogen and oxygen atoms in total. The van der Waals surface area contributed by atoms with Crippen LogP contribution in [0.3, 0.4) is 0 Å². The van der Waals surface area contributed by atoms with Gasteiger partial charge < -0.3 is 5.32 Å². The molecule has 1 saturated carbocycles. The van der Waals surface area contributed by atoms with Gasteiger partial charge in [-0.25, -0.2) is 4.39 Å². The topological polar surface area (TPSA) is 12.0 Å². The number of rotatable bonds is 4. The van der Waals surface area contributed by atoms with Gasteiger partial charge in [0.25, 0.3) is 0 Å². The minimum Gasteiger partial charge on any atom is -0.306 e. The Bertz CT molecular complexity index is 399. The second-order valence-corrected chi connectivity index (χ2v) is 5.67. The summed E-state index contributed by atoms with van der Waals surface area (Å²) in [6, 6.07) is 4.98. The maximum atomic E-state index is 13.0. The van der Waals surface area contributed by atoms with Crippen molar-refractivity contribution in [1.29, 1.82) is 0 Å². The average Bonchev–Trinajstić information content (AvgIpc) is 2.39. The highest BCUT2D eigenvalue weighted by Gasteiger charge is 2.30. The third-order valence-corrected chi connectivity index (χ3v) is 4.54. The lowest BCUT2D eigenvalue weighted by molar-refractivity contribution is 0.256. The number of nitrogens with one attached hydrogen (secondary N) is 1. The molecule has 3 heteroatoms. The molecule has 2 rings (SSSR count). The van der Waals surface area contributed by atoms with Crippen molar-refractivity contribution in [1.82, 2.24) is 5.32 Å². The number of benzene rings is 1. The highest BCUT2D eigenvalue weighted by molar-refractivity contribution is 6.18. The molecule has 0 spiro atoms. The van der Waals surface area contributed by atoms with Crippen molar-refractivity contribution in [3.63, 3.8) is 0 Å². The number of alkyl halides is 1. The first-order chi connectivity index (χ1) is 8.65. The molecule has 0 saturated heterocycles. The molecule has 0 unspecified atom stereocenters. The summed E-state index contributed by atoms with van der Waals surface area (Å²) in [5, 5.41) is 3.61. The van der Waals surface area contributed by atoms with Gasteiger partial charge in [0, 0.05) is 18.0 Å². The van der Waals surface area contributed by atoms with E-state index in [0.717, 1.165) is 30.5 Å². The fourth-order valence-corrected chi connectivity index (χ4v) is 3.09. The summed E-state index contributed by atoms with van der Waals surface area (Å²) in [5.74, 6) is 0.494. The summed E-state index contributed by atoms with van der Waals surface area (Å²) in [5.41, 5.74) is 2.25. The van der Waals surface area contributed by atoms with Crippen molar-refractivity contribution in [3.8, 4) is 0 Å². The average molecular weight is 270 g/mol. The summed E-state index contributed by atoms with van der Waals surface area (Å²) in [4.78, 5) is 0. The van der Waals surface area contributed by atoms with Crippen LogP contribution in [0.2, 0.25) is 0 Å². The Kier molecular flexibility index (Phi) is 4.63. The molecule has 0 bridgehead atoms. The van der Waals surface area contributed by atoms with Crippen LogP contribution >= 0.6 is 11.6 Å². The lowest BCUT2D eigenvalue weighted by Crippen LogP contribution is -2.48. The van der Waals surface area contributed by atoms with Crippen LogP contribution < -0.4 is 5.32 Å². The SMILES string of the molecule is Cc1cc(F)ccc1CNC1(CCl)CCCCC1. The van der Waals surface area contributed by atoms with E-state index in [1.54, 1.807) is 6.07 Å². The summed E-state index contributed by atoms with van der Waals surface area (Å²) in [7, 11) is 0. The molecular formula is C15H21ClFN. The minimum absolute atomic E-state index is 0.0840. The van der Waals surface area contributed by atoms with Gasteiger partial charge in [0.1, 0.15) is 5.82 Å². The second-order valence-electron chi connectivity index (χ2n) is 5.40. The molecule has 1 aliphatic rings. The van der Waals surface area contributed by atoms with E-state index >= 15 is 0 Å². The van der Waals surface area contributed by atoms with Gasteiger partial charge in [-0.05, 0) is 43.0 Å². The molecule has 0 aromatic heterocycles. The number of hydrogen-bond acceptors (Lipinski definition) is 1. The van der Waals surface area contributed by atoms with Crippen LogP contribution in [0.4, 0.5) is 4.39 Å². The number of aryl methyl sites for hydroxylation is 1. The van der Waals surface area contributed by atoms with E-state index in [1.165, 1.54) is 25.3 Å². The fraction of sp³-hybridized carbons (Fsp3) is 0.600. The molecule has 18 heavy (non-hydrogen) atoms. The van der Waals surface area contributed by atoms with Gasteiger partial charge >= 0.3 is 0 Å². The first-order valence-corrected chi connectivity index (χ1v) is 7.25. The van der Waals surface area contributed by atoms with Gasteiger partial charge in [-0.2, -0.15) is 0 Å². The first-order valence-electron chi connectivity index (χ1n) is 6.71. The molecule has 0 atom stereocenters. The largest absolute Gasteiger partial charge is 0.306 e. The third kappa shape index (κ3) is 3.24. The van der Waals surface area contributed by atoms with E-state index in [1.807, 2.05) is 13.0 Å². The van der Waals surface area contributed by atoms with Crippen LogP contribution in [0.25, 0.3) is 0 Å². The molecular weight excluding hydrogens is 249 g/mol. The maximum absolute atomic E-state index is 13.0. The van der Waals surface area contributed by atoms with E-state index in [4.69, 9.17) is 11.6 Å². The lowest BCUT2D eigenvalue weighted by Gasteiger charge is -2.37. The Morgan fingerprint density at radius 2 is 2.00 bits per heavy atom. The van der Waals surface area contributed by atoms with Crippen LogP contribution in [-0.2, 0) is 6.54 Å². The van der Waals surface area contributed by atoms with E-state index in [2.05, 4.69) is 5.32 Å². The Labute approximate surface area is 114 Å². The molecule has 1 aromatic carbocycles. The van der Waals surface area contributed by atoms with Crippen molar-refractivity contribution in [3.05, 3.63) is 35.1 Å². The van der Waals surface area contributed by atoms with E-state index in [9.17, 15) is 4.39 Å². The molecule has 1 aliphatic carbocycles. The van der Waals surface area contributed by atoms with Crippen molar-refractivity contribution in [2.24, 2.45) is 0 Å². The zero-order valence-electron chi connectivity index (χ0n) is 10.9. The van der Waals surface area contributed by atoms with Gasteiger partial charge in [-0.3, -0.25) is 0 Å². The van der Waals surface area contributed by atoms with Crippen molar-refractivity contribution >= 4 is 11.6 Å². The smallest absolute Gasteiger partial charge is 0.123 e. The second kappa shape index (κ2) is 6.03. The molecule has 1 aromatic rings. The zero-order chi connectivity index (χ0) is 13.0. The number of halogens is 2. The standard InChI is InChI=1S/C15H21ClFN/c1-12-9-14(17)6-5-13(12)10-18-15(11-16)7-3-2-4-8-15/h5-6,9,18H,2-4,7-8,10-11H2,1H3. The van der Waals surface area contributed by atoms with Crippen LogP contribution in [-0.4, -0.2) is 11.4 Å². The predicted octanol–water partition coefficient (Wildman–Crippen LogP) is 4.17. The van der Waals surface area contributed by atoms with Gasteiger partial charge in [0.15, 0.2) is 0 Å². The molecule has 100 valence electrons. The minimum atomic E-state index is -0.166. The van der Waals surface area contributed by atoms with E-state index in [-0.39, 0.29) is 11.4 Å². The van der Waals surface area contributed by atoms with Gasteiger partial charge in [0.2, 0.25) is 0 Å². The first kappa shape index (κ1) is 13.8. The Morgan fingerprint density at radius 3 is 2.61 bits per heavy atom. The van der Waals surface area contributed by atoms with Crippen LogP contribution in [0.5, 0.6) is 0 Å². The molecule has 0 radical (unpaired) electrons. The normalized spacial score (nSPS) is 18.8. The fourth-order valence-electron chi connectivity index (χ4n) is 2.73. The van der Waals surface area contributed by atoms with Gasteiger partial charge in [-0.15, -0.1) is 11.6 Å². The summed E-state index contributed by atoms with van der Waals surface area (Å²) in [6.07, 6.45) is 6.12. The van der Waals surface area contributed by atoms with Crippen molar-refractivity contribution in [2.45, 2.75) is 51.1 Å². The van der Waals surface area contributed by atoms with Crippen LogP contribution in [0.15, 0.2) is 18.2 Å². The Morgan fingerprint density at radius 1 is 1.28 bits per heavy atom. The maximum Gasteiger partial charge on any atom is 0.123 e. The molecule has 0 heterocycles. The van der Waals surface area contributed by atoms with Gasteiger partial charge in [-0.1, -0.05) is 25.3 Å². The van der Waals surface area contributed by atoms with Crippen molar-refractivity contribution < 1.29 is 4.39 Å². The lowest BCUT2D eigenvalue weighted by atomic mass is 9.83. The van der Waals surface area contributed by atoms with Crippen LogP contribution in [0, 0.1) is 12.7 Å². The highest BCUT2D eigenvalue weighted by atomic mass is 35.5. The molecule has 0 aliphatic heterocycles. The van der Waals surface area contributed by atoms with Crippen molar-refractivity contribution in [2.75, 3.05) is 5.88 Å². The summed E-state index contributed by atoms with van der Waals surface area (Å²) < 4.78 is 13.0. The number of hydrogen-bond donors (Lipinski definition) is 1. The molecule has 1 fully saturated rings. The summed E-state index contributed by atoms with van der Waals surface area (Å²) >= 11 is 6.15. The summed E-state index contributed by atoms with van der Waals surface area (Å²) in [6.45, 7) is 2.73. The molecule has 1 N–H and O–H groups in total. The third-order valence-electron chi connectivity index (χ3n) is 4.02. The van der Waals surface area contributed by atoms with Gasteiger partial charge in [0.05, 0.1) is 0 Å². The quantitative estimate of drug-likeness (QED) is 0.809. The van der Waals surface area contributed by atoms with E-state index < -0.39 is 0 Å².